The average Bonchev–Trinajstić information content (AvgIpc) is 3.15. The van der Waals surface area contributed by atoms with Crippen molar-refractivity contribution in [2.45, 2.75) is 32.6 Å². The molecule has 2 aromatic heterocycles. The standard InChI is InChI=1S/C23H24N2O2/c1-13(2)20-22(26)19(23(27)25-20)18(15-9-5-4-6-10-15)21-14(3)16-11-7-8-12-17(16)24-21/h4-13,18,24-27H,1-3H3. The van der Waals surface area contributed by atoms with E-state index in [4.69, 9.17) is 0 Å². The first kappa shape index (κ1) is 17.3. The van der Waals surface area contributed by atoms with E-state index >= 15 is 0 Å². The maximum Gasteiger partial charge on any atom is 0.196 e. The summed E-state index contributed by atoms with van der Waals surface area (Å²) in [6, 6.07) is 18.1. The molecule has 0 aliphatic heterocycles. The highest BCUT2D eigenvalue weighted by Gasteiger charge is 2.30. The lowest BCUT2D eigenvalue weighted by atomic mass is 9.87. The lowest BCUT2D eigenvalue weighted by Gasteiger charge is -2.18. The van der Waals surface area contributed by atoms with Crippen LogP contribution in [0.4, 0.5) is 0 Å². The van der Waals surface area contributed by atoms with E-state index in [2.05, 4.69) is 23.0 Å². The van der Waals surface area contributed by atoms with Gasteiger partial charge in [0, 0.05) is 16.6 Å². The van der Waals surface area contributed by atoms with Crippen molar-refractivity contribution < 1.29 is 10.2 Å². The quantitative estimate of drug-likeness (QED) is 0.387. The van der Waals surface area contributed by atoms with Crippen molar-refractivity contribution >= 4 is 10.9 Å². The predicted octanol–water partition coefficient (Wildman–Crippen LogP) is 5.52. The normalized spacial score (nSPS) is 12.7. The first-order valence-corrected chi connectivity index (χ1v) is 9.24. The molecule has 1 atom stereocenters. The van der Waals surface area contributed by atoms with Crippen molar-refractivity contribution in [1.82, 2.24) is 9.97 Å². The number of nitrogens with one attached hydrogen (secondary N) is 2. The van der Waals surface area contributed by atoms with Crippen LogP contribution in [0.3, 0.4) is 0 Å². The Morgan fingerprint density at radius 2 is 1.48 bits per heavy atom. The van der Waals surface area contributed by atoms with Crippen molar-refractivity contribution in [2.24, 2.45) is 0 Å². The highest BCUT2D eigenvalue weighted by molar-refractivity contribution is 5.85. The van der Waals surface area contributed by atoms with Crippen LogP contribution in [0.5, 0.6) is 11.6 Å². The molecule has 0 aliphatic rings. The SMILES string of the molecule is Cc1c(C(c2ccccc2)c2c(O)[nH]c(C(C)C)c2O)[nH]c2ccccc12. The first-order valence-electron chi connectivity index (χ1n) is 9.24. The molecule has 0 saturated heterocycles. The molecule has 1 unspecified atom stereocenters. The summed E-state index contributed by atoms with van der Waals surface area (Å²) in [6.45, 7) is 6.05. The third-order valence-electron chi connectivity index (χ3n) is 5.31. The first-order chi connectivity index (χ1) is 13.0. The zero-order valence-corrected chi connectivity index (χ0v) is 15.7. The van der Waals surface area contributed by atoms with Gasteiger partial charge in [0.25, 0.3) is 0 Å². The lowest BCUT2D eigenvalue weighted by molar-refractivity contribution is 0.439. The molecule has 4 N–H and O–H groups in total. The second kappa shape index (κ2) is 6.54. The molecular weight excluding hydrogens is 336 g/mol. The van der Waals surface area contributed by atoms with Crippen LogP contribution < -0.4 is 0 Å². The fourth-order valence-corrected chi connectivity index (χ4v) is 3.92. The molecule has 2 heterocycles. The summed E-state index contributed by atoms with van der Waals surface area (Å²) in [7, 11) is 0. The summed E-state index contributed by atoms with van der Waals surface area (Å²) in [5, 5.41) is 22.8. The van der Waals surface area contributed by atoms with Gasteiger partial charge in [0.2, 0.25) is 0 Å². The number of aromatic hydroxyl groups is 2. The molecule has 2 aromatic carbocycles. The van der Waals surface area contributed by atoms with Crippen molar-refractivity contribution in [3.8, 4) is 11.6 Å². The van der Waals surface area contributed by atoms with Crippen LogP contribution in [-0.2, 0) is 0 Å². The van der Waals surface area contributed by atoms with E-state index in [1.165, 1.54) is 0 Å². The maximum atomic E-state index is 10.9. The second-order valence-electron chi connectivity index (χ2n) is 7.36. The summed E-state index contributed by atoms with van der Waals surface area (Å²) in [5.41, 5.74) is 5.31. The van der Waals surface area contributed by atoms with Gasteiger partial charge in [0.15, 0.2) is 5.88 Å². The van der Waals surface area contributed by atoms with Crippen LogP contribution in [0.15, 0.2) is 54.6 Å². The molecule has 4 rings (SSSR count). The molecule has 0 bridgehead atoms. The Hall–Kier alpha value is -3.14. The number of aromatic amines is 2. The molecule has 4 aromatic rings. The third-order valence-corrected chi connectivity index (χ3v) is 5.31. The van der Waals surface area contributed by atoms with Crippen molar-refractivity contribution in [3.63, 3.8) is 0 Å². The number of benzene rings is 2. The lowest BCUT2D eigenvalue weighted by Crippen LogP contribution is -2.05. The Balaban J connectivity index is 2.01. The number of aryl methyl sites for hydroxylation is 1. The van der Waals surface area contributed by atoms with E-state index in [0.717, 1.165) is 27.7 Å². The van der Waals surface area contributed by atoms with E-state index in [1.807, 2.05) is 62.4 Å². The molecule has 138 valence electrons. The van der Waals surface area contributed by atoms with Gasteiger partial charge in [0.1, 0.15) is 5.75 Å². The van der Waals surface area contributed by atoms with Crippen LogP contribution >= 0.6 is 0 Å². The second-order valence-corrected chi connectivity index (χ2v) is 7.36. The number of aromatic nitrogens is 2. The van der Waals surface area contributed by atoms with Crippen molar-refractivity contribution in [1.29, 1.82) is 0 Å². The number of rotatable bonds is 4. The molecular formula is C23H24N2O2. The van der Waals surface area contributed by atoms with Crippen molar-refractivity contribution in [2.75, 3.05) is 0 Å². The Bertz CT molecular complexity index is 1090. The summed E-state index contributed by atoms with van der Waals surface area (Å²) in [5.74, 6) is -0.0789. The number of hydrogen-bond donors (Lipinski definition) is 4. The Kier molecular flexibility index (Phi) is 4.19. The van der Waals surface area contributed by atoms with Gasteiger partial charge in [-0.05, 0) is 30.0 Å². The van der Waals surface area contributed by atoms with E-state index < -0.39 is 0 Å². The molecule has 4 heteroatoms. The zero-order chi connectivity index (χ0) is 19.1. The van der Waals surface area contributed by atoms with Crippen molar-refractivity contribution in [3.05, 3.63) is 82.7 Å². The van der Waals surface area contributed by atoms with Crippen LogP contribution in [-0.4, -0.2) is 20.2 Å². The van der Waals surface area contributed by atoms with Gasteiger partial charge in [-0.2, -0.15) is 0 Å². The van der Waals surface area contributed by atoms with Crippen LogP contribution in [0.25, 0.3) is 10.9 Å². The highest BCUT2D eigenvalue weighted by Crippen LogP contribution is 2.46. The monoisotopic (exact) mass is 360 g/mol. The molecule has 27 heavy (non-hydrogen) atoms. The van der Waals surface area contributed by atoms with Gasteiger partial charge in [0.05, 0.1) is 17.2 Å². The van der Waals surface area contributed by atoms with E-state index in [1.54, 1.807) is 0 Å². The van der Waals surface area contributed by atoms with E-state index in [9.17, 15) is 10.2 Å². The fraction of sp³-hybridized carbons (Fsp3) is 0.217. The minimum absolute atomic E-state index is 0.0168. The smallest absolute Gasteiger partial charge is 0.196 e. The highest BCUT2D eigenvalue weighted by atomic mass is 16.3. The number of fused-ring (bicyclic) bond motifs is 1. The Morgan fingerprint density at radius 3 is 2.11 bits per heavy atom. The molecule has 0 saturated carbocycles. The van der Waals surface area contributed by atoms with Crippen LogP contribution in [0, 0.1) is 6.92 Å². The third kappa shape index (κ3) is 2.78. The topological polar surface area (TPSA) is 72.0 Å². The Morgan fingerprint density at radius 1 is 0.815 bits per heavy atom. The van der Waals surface area contributed by atoms with Crippen LogP contribution in [0.2, 0.25) is 0 Å². The van der Waals surface area contributed by atoms with Gasteiger partial charge in [-0.15, -0.1) is 0 Å². The number of para-hydroxylation sites is 1. The average molecular weight is 360 g/mol. The van der Waals surface area contributed by atoms with E-state index in [-0.39, 0.29) is 23.5 Å². The Labute approximate surface area is 158 Å². The minimum atomic E-state index is -0.303. The molecule has 0 fully saturated rings. The van der Waals surface area contributed by atoms with Gasteiger partial charge in [-0.25, -0.2) is 0 Å². The van der Waals surface area contributed by atoms with Gasteiger partial charge >= 0.3 is 0 Å². The van der Waals surface area contributed by atoms with Gasteiger partial charge < -0.3 is 20.2 Å². The zero-order valence-electron chi connectivity index (χ0n) is 15.7. The number of hydrogen-bond acceptors (Lipinski definition) is 2. The summed E-state index contributed by atoms with van der Waals surface area (Å²) in [4.78, 5) is 6.50. The minimum Gasteiger partial charge on any atom is -0.506 e. The van der Waals surface area contributed by atoms with Crippen LogP contribution in [0.1, 0.15) is 53.8 Å². The summed E-state index contributed by atoms with van der Waals surface area (Å²) >= 11 is 0. The van der Waals surface area contributed by atoms with Gasteiger partial charge in [-0.3, -0.25) is 0 Å². The van der Waals surface area contributed by atoms with E-state index in [0.29, 0.717) is 11.3 Å². The molecule has 0 spiro atoms. The largest absolute Gasteiger partial charge is 0.506 e. The fourth-order valence-electron chi connectivity index (χ4n) is 3.92. The molecule has 0 radical (unpaired) electrons. The van der Waals surface area contributed by atoms with Gasteiger partial charge in [-0.1, -0.05) is 62.4 Å². The molecule has 4 nitrogen and oxygen atoms in total. The molecule has 0 amide bonds. The predicted molar refractivity (Wildman–Crippen MR) is 109 cm³/mol. The number of H-pyrrole nitrogens is 2. The maximum absolute atomic E-state index is 10.9. The molecule has 0 aliphatic carbocycles. The summed E-state index contributed by atoms with van der Waals surface area (Å²) < 4.78 is 0. The summed E-state index contributed by atoms with van der Waals surface area (Å²) in [6.07, 6.45) is 0.